The molecular weight excluding hydrogens is 184 g/mol. The number of aromatic carboxylic acids is 1. The molecule has 0 unspecified atom stereocenters. The van der Waals surface area contributed by atoms with Crippen LogP contribution in [-0.2, 0) is 0 Å². The highest BCUT2D eigenvalue weighted by Crippen LogP contribution is 2.06. The van der Waals surface area contributed by atoms with Gasteiger partial charge in [-0.2, -0.15) is 4.73 Å². The van der Waals surface area contributed by atoms with Crippen molar-refractivity contribution in [3.63, 3.8) is 0 Å². The number of carbonyl (C=O) groups is 1. The van der Waals surface area contributed by atoms with E-state index in [9.17, 15) is 4.79 Å². The second-order valence-electron chi connectivity index (χ2n) is 2.07. The summed E-state index contributed by atoms with van der Waals surface area (Å²) in [7, 11) is 0. The van der Waals surface area contributed by atoms with Gasteiger partial charge in [-0.3, -0.25) is 5.41 Å². The lowest BCUT2D eigenvalue weighted by molar-refractivity contribution is 0.0686. The van der Waals surface area contributed by atoms with Gasteiger partial charge in [0.25, 0.3) is 0 Å². The van der Waals surface area contributed by atoms with Crippen LogP contribution in [0.5, 0.6) is 0 Å². The first-order chi connectivity index (χ1) is 5.52. The van der Waals surface area contributed by atoms with Crippen LogP contribution in [0.3, 0.4) is 0 Å². The third-order valence-electron chi connectivity index (χ3n) is 1.24. The molecule has 0 aliphatic carbocycles. The van der Waals surface area contributed by atoms with Crippen molar-refractivity contribution in [2.75, 3.05) is 0 Å². The number of rotatable bonds is 1. The number of hydrogen-bond donors (Lipinski definition) is 3. The number of carboxylic acid groups (broad SMARTS) is 1. The first-order valence-corrected chi connectivity index (χ1v) is 3.29. The number of carboxylic acids is 1. The highest BCUT2D eigenvalue weighted by Gasteiger charge is 2.08. The van der Waals surface area contributed by atoms with E-state index in [4.69, 9.17) is 27.3 Å². The molecule has 0 atom stereocenters. The van der Waals surface area contributed by atoms with E-state index in [1.54, 1.807) is 0 Å². The van der Waals surface area contributed by atoms with E-state index >= 15 is 0 Å². The van der Waals surface area contributed by atoms with E-state index in [-0.39, 0.29) is 10.6 Å². The number of hydrogen-bond acceptors (Lipinski definition) is 3. The van der Waals surface area contributed by atoms with Crippen molar-refractivity contribution in [3.05, 3.63) is 28.3 Å². The van der Waals surface area contributed by atoms with Gasteiger partial charge in [0.15, 0.2) is 5.49 Å². The first kappa shape index (κ1) is 8.61. The van der Waals surface area contributed by atoms with Crippen molar-refractivity contribution in [2.24, 2.45) is 0 Å². The molecule has 1 aromatic rings. The largest absolute Gasteiger partial charge is 0.478 e. The molecule has 64 valence electrons. The van der Waals surface area contributed by atoms with Crippen molar-refractivity contribution < 1.29 is 15.1 Å². The van der Waals surface area contributed by atoms with Gasteiger partial charge < -0.3 is 10.3 Å². The fraction of sp³-hybridized carbons (Fsp3) is 0. The average Bonchev–Trinajstić information content (AvgIpc) is 1.96. The van der Waals surface area contributed by atoms with Crippen LogP contribution in [0.1, 0.15) is 10.4 Å². The molecule has 0 amide bonds. The lowest BCUT2D eigenvalue weighted by atomic mass is 10.3. The van der Waals surface area contributed by atoms with Gasteiger partial charge in [0.2, 0.25) is 0 Å². The minimum atomic E-state index is -1.30. The monoisotopic (exact) mass is 188 g/mol. The van der Waals surface area contributed by atoms with Crippen LogP contribution in [-0.4, -0.2) is 21.0 Å². The highest BCUT2D eigenvalue weighted by molar-refractivity contribution is 6.30. The van der Waals surface area contributed by atoms with Gasteiger partial charge in [0.1, 0.15) is 5.56 Å². The Morgan fingerprint density at radius 3 is 2.75 bits per heavy atom. The average molecular weight is 189 g/mol. The Hall–Kier alpha value is -1.49. The summed E-state index contributed by atoms with van der Waals surface area (Å²) in [6, 6.07) is 1.10. The van der Waals surface area contributed by atoms with Crippen molar-refractivity contribution >= 4 is 17.6 Å². The SMILES string of the molecule is N=c1c(C(=O)O)cc(Cl)cn1O. The minimum absolute atomic E-state index is 0.0610. The fourth-order valence-corrected chi connectivity index (χ4v) is 0.913. The summed E-state index contributed by atoms with van der Waals surface area (Å²) in [5.74, 6) is -1.30. The molecule has 6 heteroatoms. The molecule has 0 aliphatic rings. The maximum atomic E-state index is 10.4. The molecule has 0 bridgehead atoms. The van der Waals surface area contributed by atoms with Crippen LogP contribution in [0.15, 0.2) is 12.3 Å². The smallest absolute Gasteiger partial charge is 0.339 e. The van der Waals surface area contributed by atoms with Crippen molar-refractivity contribution in [3.8, 4) is 0 Å². The zero-order valence-corrected chi connectivity index (χ0v) is 6.54. The maximum absolute atomic E-state index is 10.4. The molecule has 0 aliphatic heterocycles. The summed E-state index contributed by atoms with van der Waals surface area (Å²) in [6.07, 6.45) is 1.04. The molecule has 1 rings (SSSR count). The Labute approximate surface area is 71.9 Å². The zero-order valence-electron chi connectivity index (χ0n) is 5.78. The molecule has 1 aromatic heterocycles. The summed E-state index contributed by atoms with van der Waals surface area (Å²) in [5, 5.41) is 24.6. The molecule has 0 aromatic carbocycles. The summed E-state index contributed by atoms with van der Waals surface area (Å²) in [6.45, 7) is 0. The topological polar surface area (TPSA) is 86.3 Å². The lowest BCUT2D eigenvalue weighted by Gasteiger charge is -2.00. The van der Waals surface area contributed by atoms with Crippen LogP contribution in [0, 0.1) is 5.41 Å². The van der Waals surface area contributed by atoms with Gasteiger partial charge in [-0.25, -0.2) is 4.79 Å². The molecule has 0 radical (unpaired) electrons. The predicted molar refractivity (Wildman–Crippen MR) is 39.4 cm³/mol. The lowest BCUT2D eigenvalue weighted by Crippen LogP contribution is -2.24. The normalized spacial score (nSPS) is 9.75. The molecule has 12 heavy (non-hydrogen) atoms. The first-order valence-electron chi connectivity index (χ1n) is 2.91. The zero-order chi connectivity index (χ0) is 9.30. The summed E-state index contributed by atoms with van der Waals surface area (Å²) >= 11 is 5.44. The fourth-order valence-electron chi connectivity index (χ4n) is 0.711. The molecule has 0 fully saturated rings. The van der Waals surface area contributed by atoms with E-state index in [0.29, 0.717) is 4.73 Å². The highest BCUT2D eigenvalue weighted by atomic mass is 35.5. The Morgan fingerprint density at radius 2 is 2.25 bits per heavy atom. The van der Waals surface area contributed by atoms with E-state index in [1.165, 1.54) is 0 Å². The number of aromatic nitrogens is 1. The van der Waals surface area contributed by atoms with E-state index < -0.39 is 11.5 Å². The van der Waals surface area contributed by atoms with Crippen LogP contribution in [0.2, 0.25) is 5.02 Å². The second kappa shape index (κ2) is 2.86. The number of halogens is 1. The molecule has 0 saturated heterocycles. The van der Waals surface area contributed by atoms with Gasteiger partial charge in [0, 0.05) is 0 Å². The van der Waals surface area contributed by atoms with Crippen LogP contribution in [0.25, 0.3) is 0 Å². The van der Waals surface area contributed by atoms with Gasteiger partial charge in [-0.05, 0) is 6.07 Å². The second-order valence-corrected chi connectivity index (χ2v) is 2.51. The van der Waals surface area contributed by atoms with Crippen LogP contribution in [0.4, 0.5) is 0 Å². The summed E-state index contributed by atoms with van der Waals surface area (Å²) in [4.78, 5) is 10.4. The molecule has 0 saturated carbocycles. The Kier molecular flexibility index (Phi) is 2.05. The molecule has 5 nitrogen and oxygen atoms in total. The van der Waals surface area contributed by atoms with Gasteiger partial charge >= 0.3 is 5.97 Å². The Balaban J connectivity index is 3.49. The van der Waals surface area contributed by atoms with Crippen molar-refractivity contribution in [2.45, 2.75) is 0 Å². The maximum Gasteiger partial charge on any atom is 0.339 e. The van der Waals surface area contributed by atoms with Crippen LogP contribution < -0.4 is 5.49 Å². The van der Waals surface area contributed by atoms with Crippen molar-refractivity contribution in [1.82, 2.24) is 4.73 Å². The number of nitrogens with one attached hydrogen (secondary N) is 1. The van der Waals surface area contributed by atoms with Crippen LogP contribution >= 0.6 is 11.6 Å². The molecule has 1 heterocycles. The van der Waals surface area contributed by atoms with Gasteiger partial charge in [-0.1, -0.05) is 11.6 Å². The van der Waals surface area contributed by atoms with Crippen molar-refractivity contribution in [1.29, 1.82) is 5.41 Å². The van der Waals surface area contributed by atoms with E-state index in [2.05, 4.69) is 0 Å². The Morgan fingerprint density at radius 1 is 1.67 bits per heavy atom. The van der Waals surface area contributed by atoms with E-state index in [1.807, 2.05) is 0 Å². The number of nitrogens with zero attached hydrogens (tertiary/aromatic N) is 1. The predicted octanol–water partition coefficient (Wildman–Crippen LogP) is 0.556. The van der Waals surface area contributed by atoms with Gasteiger partial charge in [0.05, 0.1) is 11.2 Å². The molecule has 3 N–H and O–H groups in total. The summed E-state index contributed by atoms with van der Waals surface area (Å²) in [5.41, 5.74) is -0.850. The van der Waals surface area contributed by atoms with E-state index in [0.717, 1.165) is 12.3 Å². The standard InChI is InChI=1S/C6H5ClN2O3/c7-3-1-4(6(10)11)5(8)9(12)2-3/h1-2,8,12H,(H,10,11). The number of pyridine rings is 1. The Bertz CT molecular complexity index is 385. The minimum Gasteiger partial charge on any atom is -0.478 e. The molecular formula is C6H5ClN2O3. The summed E-state index contributed by atoms with van der Waals surface area (Å²) < 4.78 is 0.353. The third kappa shape index (κ3) is 1.40. The quantitative estimate of drug-likeness (QED) is 0.563. The third-order valence-corrected chi connectivity index (χ3v) is 1.45. The van der Waals surface area contributed by atoms with Gasteiger partial charge in [-0.15, -0.1) is 0 Å². The molecule has 0 spiro atoms.